The second kappa shape index (κ2) is 8.71. The Morgan fingerprint density at radius 1 is 1.13 bits per heavy atom. The molecule has 0 spiro atoms. The van der Waals surface area contributed by atoms with Crippen LogP contribution in [0, 0.1) is 11.3 Å². The Labute approximate surface area is 177 Å². The molecule has 1 aliphatic carbocycles. The normalized spacial score (nSPS) is 24.3. The number of aromatic nitrogens is 1. The summed E-state index contributed by atoms with van der Waals surface area (Å²) in [6.07, 6.45) is 6.57. The smallest absolute Gasteiger partial charge is 0.238 e. The van der Waals surface area contributed by atoms with Crippen LogP contribution in [0.2, 0.25) is 0 Å². The van der Waals surface area contributed by atoms with E-state index in [2.05, 4.69) is 15.2 Å². The van der Waals surface area contributed by atoms with Crippen molar-refractivity contribution >= 4 is 17.7 Å². The Morgan fingerprint density at radius 3 is 2.53 bits per heavy atom. The van der Waals surface area contributed by atoms with Gasteiger partial charge in [-0.2, -0.15) is 0 Å². The number of nitrogens with one attached hydrogen (secondary N) is 1. The largest absolute Gasteiger partial charge is 0.369 e. The van der Waals surface area contributed by atoms with E-state index in [-0.39, 0.29) is 17.7 Å². The van der Waals surface area contributed by atoms with Crippen LogP contribution in [0.3, 0.4) is 0 Å². The number of nitrogens with zero attached hydrogens (tertiary/aromatic N) is 3. The number of pyridine rings is 1. The zero-order valence-corrected chi connectivity index (χ0v) is 17.4. The predicted molar refractivity (Wildman–Crippen MR) is 111 cm³/mol. The maximum absolute atomic E-state index is 12.7. The number of rotatable bonds is 6. The van der Waals surface area contributed by atoms with E-state index in [4.69, 9.17) is 5.73 Å². The quantitative estimate of drug-likeness (QED) is 0.666. The molecule has 2 saturated heterocycles. The van der Waals surface area contributed by atoms with Gasteiger partial charge in [0.2, 0.25) is 17.7 Å². The lowest BCUT2D eigenvalue weighted by molar-refractivity contribution is -0.144. The van der Waals surface area contributed by atoms with Gasteiger partial charge >= 0.3 is 0 Å². The lowest BCUT2D eigenvalue weighted by Crippen LogP contribution is -2.53. The fourth-order valence-corrected chi connectivity index (χ4v) is 4.80. The molecule has 30 heavy (non-hydrogen) atoms. The monoisotopic (exact) mass is 413 g/mol. The maximum atomic E-state index is 12.7. The van der Waals surface area contributed by atoms with Crippen LogP contribution in [0.15, 0.2) is 24.4 Å². The van der Waals surface area contributed by atoms with Crippen molar-refractivity contribution in [3.8, 4) is 0 Å². The highest BCUT2D eigenvalue weighted by Gasteiger charge is 2.57. The van der Waals surface area contributed by atoms with Gasteiger partial charge in [-0.15, -0.1) is 0 Å². The van der Waals surface area contributed by atoms with Gasteiger partial charge in [-0.05, 0) is 57.2 Å². The van der Waals surface area contributed by atoms with Crippen LogP contribution < -0.4 is 11.1 Å². The Balaban J connectivity index is 1.25. The van der Waals surface area contributed by atoms with Gasteiger partial charge in [0.1, 0.15) is 5.41 Å². The average Bonchev–Trinajstić information content (AvgIpc) is 3.60. The summed E-state index contributed by atoms with van der Waals surface area (Å²) in [6, 6.07) is 6.07. The van der Waals surface area contributed by atoms with E-state index in [1.807, 2.05) is 23.1 Å². The Hall–Kier alpha value is -2.48. The topological polar surface area (TPSA) is 109 Å². The zero-order valence-electron chi connectivity index (χ0n) is 17.4. The molecule has 8 heteroatoms. The second-order valence-corrected chi connectivity index (χ2v) is 8.84. The maximum Gasteiger partial charge on any atom is 0.238 e. The Bertz CT molecular complexity index is 787. The SMILES string of the molecule is NC(=O)C1(C(=O)N2CCC(N3CCCC(C(=O)NCc4ccccn4)C3)CC2)CC1. The third kappa shape index (κ3) is 4.33. The van der Waals surface area contributed by atoms with Crippen molar-refractivity contribution in [1.82, 2.24) is 20.1 Å². The Morgan fingerprint density at radius 2 is 1.90 bits per heavy atom. The van der Waals surface area contributed by atoms with Crippen LogP contribution in [0.25, 0.3) is 0 Å². The first-order valence-corrected chi connectivity index (χ1v) is 11.0. The van der Waals surface area contributed by atoms with Crippen LogP contribution >= 0.6 is 0 Å². The first-order chi connectivity index (χ1) is 14.5. The summed E-state index contributed by atoms with van der Waals surface area (Å²) in [5.41, 5.74) is 5.39. The number of carbonyl (C=O) groups is 3. The van der Waals surface area contributed by atoms with E-state index >= 15 is 0 Å². The van der Waals surface area contributed by atoms with E-state index in [0.29, 0.717) is 38.5 Å². The molecule has 0 aromatic carbocycles. The molecule has 162 valence electrons. The van der Waals surface area contributed by atoms with E-state index < -0.39 is 11.3 Å². The average molecular weight is 414 g/mol. The van der Waals surface area contributed by atoms with Crippen LogP contribution in [-0.4, -0.2) is 64.7 Å². The van der Waals surface area contributed by atoms with Crippen molar-refractivity contribution in [3.63, 3.8) is 0 Å². The highest BCUT2D eigenvalue weighted by molar-refractivity contribution is 6.07. The molecule has 0 radical (unpaired) electrons. The van der Waals surface area contributed by atoms with Crippen molar-refractivity contribution in [1.29, 1.82) is 0 Å². The van der Waals surface area contributed by atoms with Crippen molar-refractivity contribution in [2.45, 2.75) is 51.1 Å². The van der Waals surface area contributed by atoms with E-state index in [1.54, 1.807) is 6.20 Å². The molecule has 3 heterocycles. The van der Waals surface area contributed by atoms with Crippen LogP contribution in [0.4, 0.5) is 0 Å². The molecular weight excluding hydrogens is 382 g/mol. The molecule has 1 aromatic rings. The molecule has 8 nitrogen and oxygen atoms in total. The molecule has 2 aliphatic heterocycles. The van der Waals surface area contributed by atoms with E-state index in [9.17, 15) is 14.4 Å². The highest BCUT2D eigenvalue weighted by Crippen LogP contribution is 2.47. The van der Waals surface area contributed by atoms with E-state index in [1.165, 1.54) is 0 Å². The lowest BCUT2D eigenvalue weighted by Gasteiger charge is -2.42. The van der Waals surface area contributed by atoms with Crippen molar-refractivity contribution in [2.24, 2.45) is 17.1 Å². The minimum Gasteiger partial charge on any atom is -0.369 e. The molecule has 1 unspecified atom stereocenters. The number of amides is 3. The summed E-state index contributed by atoms with van der Waals surface area (Å²) in [7, 11) is 0. The number of hydrogen-bond donors (Lipinski definition) is 2. The van der Waals surface area contributed by atoms with Gasteiger partial charge in [-0.3, -0.25) is 24.3 Å². The third-order valence-corrected chi connectivity index (χ3v) is 6.89. The summed E-state index contributed by atoms with van der Waals surface area (Å²) in [5, 5.41) is 3.02. The fraction of sp³-hybridized carbons (Fsp3) is 0.636. The summed E-state index contributed by atoms with van der Waals surface area (Å²) in [6.45, 7) is 3.53. The molecule has 1 aromatic heterocycles. The third-order valence-electron chi connectivity index (χ3n) is 6.89. The van der Waals surface area contributed by atoms with Gasteiger partial charge < -0.3 is 16.0 Å². The van der Waals surface area contributed by atoms with Crippen LogP contribution in [-0.2, 0) is 20.9 Å². The van der Waals surface area contributed by atoms with Gasteiger partial charge in [0.25, 0.3) is 0 Å². The molecule has 3 N–H and O–H groups in total. The van der Waals surface area contributed by atoms with Crippen molar-refractivity contribution in [3.05, 3.63) is 30.1 Å². The summed E-state index contributed by atoms with van der Waals surface area (Å²) >= 11 is 0. The van der Waals surface area contributed by atoms with Crippen LogP contribution in [0.5, 0.6) is 0 Å². The zero-order chi connectivity index (χ0) is 21.1. The Kier molecular flexibility index (Phi) is 6.04. The number of carbonyl (C=O) groups excluding carboxylic acids is 3. The molecule has 1 atom stereocenters. The summed E-state index contributed by atoms with van der Waals surface area (Å²) < 4.78 is 0. The number of piperidine rings is 2. The van der Waals surface area contributed by atoms with Crippen LogP contribution in [0.1, 0.15) is 44.2 Å². The van der Waals surface area contributed by atoms with Gasteiger partial charge in [0.15, 0.2) is 0 Å². The minimum absolute atomic E-state index is 0.00767. The molecular formula is C22H31N5O3. The second-order valence-electron chi connectivity index (χ2n) is 8.84. The molecule has 0 bridgehead atoms. The molecule has 4 rings (SSSR count). The summed E-state index contributed by atoms with van der Waals surface area (Å²) in [5.74, 6) is -0.481. The van der Waals surface area contributed by atoms with Gasteiger partial charge in [0.05, 0.1) is 18.2 Å². The number of likely N-dealkylation sites (tertiary alicyclic amines) is 2. The standard InChI is InChI=1S/C22H31N5O3/c23-20(29)22(8-9-22)21(30)26-12-6-18(7-13-26)27-11-3-4-16(15-27)19(28)25-14-17-5-1-2-10-24-17/h1-2,5,10,16,18H,3-4,6-9,11-15H2,(H2,23,29)(H,25,28). The van der Waals surface area contributed by atoms with Gasteiger partial charge in [-0.1, -0.05) is 6.07 Å². The van der Waals surface area contributed by atoms with Gasteiger partial charge in [-0.25, -0.2) is 0 Å². The first-order valence-electron chi connectivity index (χ1n) is 11.0. The summed E-state index contributed by atoms with van der Waals surface area (Å²) in [4.78, 5) is 45.5. The number of nitrogens with two attached hydrogens (primary N) is 1. The van der Waals surface area contributed by atoms with Gasteiger partial charge in [0, 0.05) is 31.9 Å². The molecule has 3 fully saturated rings. The number of hydrogen-bond acceptors (Lipinski definition) is 5. The number of primary amides is 1. The molecule has 1 saturated carbocycles. The predicted octanol–water partition coefficient (Wildman–Crippen LogP) is 0.666. The van der Waals surface area contributed by atoms with Crippen molar-refractivity contribution in [2.75, 3.05) is 26.2 Å². The first kappa shape index (κ1) is 20.8. The molecule has 3 aliphatic rings. The molecule has 3 amide bonds. The van der Waals surface area contributed by atoms with Crippen molar-refractivity contribution < 1.29 is 14.4 Å². The fourth-order valence-electron chi connectivity index (χ4n) is 4.80. The lowest BCUT2D eigenvalue weighted by atomic mass is 9.92. The minimum atomic E-state index is -0.922. The highest BCUT2D eigenvalue weighted by atomic mass is 16.2. The van der Waals surface area contributed by atoms with E-state index in [0.717, 1.165) is 44.5 Å².